The molecule has 0 radical (unpaired) electrons. The molecule has 0 atom stereocenters. The van der Waals surface area contributed by atoms with Crippen LogP contribution in [0.2, 0.25) is 0 Å². The van der Waals surface area contributed by atoms with Gasteiger partial charge in [0, 0.05) is 5.70 Å². The molecule has 3 N–H and O–H groups in total. The molecule has 0 aliphatic rings. The average molecular weight is 238 g/mol. The highest BCUT2D eigenvalue weighted by molar-refractivity contribution is 5.27. The Morgan fingerprint density at radius 3 is 2.47 bits per heavy atom. The standard InChI is InChI=1S/C13H19FN2O/c1-5-11(14)13(7-3)17-9-8-10(4)12(6-2)16-15/h5-8,16H,1,3,9,15H2,2,4H3/b10-8-,12-6+,13-11-. The number of nitrogens with two attached hydrogens (primary N) is 1. The SMILES string of the molecule is C=C/C(F)=C(\C=C)OC/C=C(C)\C(=C/C)NN. The van der Waals surface area contributed by atoms with Crippen molar-refractivity contribution < 1.29 is 9.13 Å². The van der Waals surface area contributed by atoms with E-state index < -0.39 is 5.83 Å². The number of hydrogen-bond acceptors (Lipinski definition) is 3. The lowest BCUT2D eigenvalue weighted by Crippen LogP contribution is -2.21. The van der Waals surface area contributed by atoms with Crippen LogP contribution in [0.25, 0.3) is 0 Å². The van der Waals surface area contributed by atoms with Gasteiger partial charge in [0.05, 0.1) is 0 Å². The van der Waals surface area contributed by atoms with Crippen molar-refractivity contribution in [2.45, 2.75) is 13.8 Å². The number of halogens is 1. The summed E-state index contributed by atoms with van der Waals surface area (Å²) in [6.07, 6.45) is 6.00. The molecule has 94 valence electrons. The molecular weight excluding hydrogens is 219 g/mol. The summed E-state index contributed by atoms with van der Waals surface area (Å²) >= 11 is 0. The van der Waals surface area contributed by atoms with Gasteiger partial charge in [0.2, 0.25) is 0 Å². The highest BCUT2D eigenvalue weighted by atomic mass is 19.1. The Labute approximate surface area is 102 Å². The summed E-state index contributed by atoms with van der Waals surface area (Å²) in [4.78, 5) is 0. The lowest BCUT2D eigenvalue weighted by molar-refractivity contribution is 0.250. The highest BCUT2D eigenvalue weighted by Gasteiger charge is 2.00. The lowest BCUT2D eigenvalue weighted by Gasteiger charge is -2.08. The zero-order valence-electron chi connectivity index (χ0n) is 10.3. The van der Waals surface area contributed by atoms with Crippen molar-refractivity contribution in [3.8, 4) is 0 Å². The Bertz CT molecular complexity index is 368. The van der Waals surface area contributed by atoms with Crippen LogP contribution in [0.15, 0.2) is 60.3 Å². The zero-order chi connectivity index (χ0) is 13.3. The van der Waals surface area contributed by atoms with Gasteiger partial charge >= 0.3 is 0 Å². The van der Waals surface area contributed by atoms with Crippen molar-refractivity contribution in [3.05, 3.63) is 60.3 Å². The largest absolute Gasteiger partial charge is 0.486 e. The summed E-state index contributed by atoms with van der Waals surface area (Å²) in [6.45, 7) is 10.7. The molecule has 0 spiro atoms. The lowest BCUT2D eigenvalue weighted by atomic mass is 10.2. The van der Waals surface area contributed by atoms with Gasteiger partial charge in [-0.3, -0.25) is 5.84 Å². The Morgan fingerprint density at radius 1 is 1.41 bits per heavy atom. The van der Waals surface area contributed by atoms with Crippen LogP contribution in [0.3, 0.4) is 0 Å². The van der Waals surface area contributed by atoms with Gasteiger partial charge in [-0.25, -0.2) is 4.39 Å². The van der Waals surface area contributed by atoms with Gasteiger partial charge in [-0.2, -0.15) is 0 Å². The maximum Gasteiger partial charge on any atom is 0.164 e. The number of nitrogens with one attached hydrogen (secondary N) is 1. The predicted octanol–water partition coefficient (Wildman–Crippen LogP) is 2.87. The fourth-order valence-corrected chi connectivity index (χ4v) is 1.12. The fraction of sp³-hybridized carbons (Fsp3) is 0.231. The molecular formula is C13H19FN2O. The minimum atomic E-state index is -0.533. The first-order valence-electron chi connectivity index (χ1n) is 5.18. The topological polar surface area (TPSA) is 47.3 Å². The van der Waals surface area contributed by atoms with Gasteiger partial charge in [0.25, 0.3) is 0 Å². The third-order valence-electron chi connectivity index (χ3n) is 2.10. The molecule has 17 heavy (non-hydrogen) atoms. The Balaban J connectivity index is 4.55. The molecule has 0 aliphatic carbocycles. The van der Waals surface area contributed by atoms with Gasteiger partial charge in [-0.15, -0.1) is 0 Å². The van der Waals surface area contributed by atoms with Crippen LogP contribution in [0.4, 0.5) is 4.39 Å². The normalized spacial score (nSPS) is 13.9. The van der Waals surface area contributed by atoms with Crippen molar-refractivity contribution in [2.24, 2.45) is 5.84 Å². The van der Waals surface area contributed by atoms with Crippen LogP contribution in [-0.2, 0) is 4.74 Å². The minimum absolute atomic E-state index is 0.0757. The number of ether oxygens (including phenoxy) is 1. The summed E-state index contributed by atoms with van der Waals surface area (Å²) in [7, 11) is 0. The van der Waals surface area contributed by atoms with Gasteiger partial charge < -0.3 is 10.2 Å². The number of hydrazine groups is 1. The number of allylic oxidation sites excluding steroid dienone is 5. The van der Waals surface area contributed by atoms with E-state index in [-0.39, 0.29) is 12.4 Å². The van der Waals surface area contributed by atoms with E-state index in [1.807, 2.05) is 19.9 Å². The first kappa shape index (κ1) is 15.2. The molecule has 3 nitrogen and oxygen atoms in total. The van der Waals surface area contributed by atoms with Crippen LogP contribution in [0.1, 0.15) is 13.8 Å². The van der Waals surface area contributed by atoms with Crippen molar-refractivity contribution in [2.75, 3.05) is 6.61 Å². The maximum atomic E-state index is 13.1. The third-order valence-corrected chi connectivity index (χ3v) is 2.10. The first-order valence-corrected chi connectivity index (χ1v) is 5.18. The Kier molecular flexibility index (Phi) is 7.46. The minimum Gasteiger partial charge on any atom is -0.486 e. The third kappa shape index (κ3) is 5.17. The predicted molar refractivity (Wildman–Crippen MR) is 69.3 cm³/mol. The summed E-state index contributed by atoms with van der Waals surface area (Å²) in [6, 6.07) is 0. The summed E-state index contributed by atoms with van der Waals surface area (Å²) < 4.78 is 18.3. The summed E-state index contributed by atoms with van der Waals surface area (Å²) in [5, 5.41) is 0. The summed E-state index contributed by atoms with van der Waals surface area (Å²) in [5.41, 5.74) is 4.26. The number of hydrogen-bond donors (Lipinski definition) is 2. The summed E-state index contributed by atoms with van der Waals surface area (Å²) in [5.74, 6) is 4.86. The van der Waals surface area contributed by atoms with Crippen molar-refractivity contribution in [1.29, 1.82) is 0 Å². The van der Waals surface area contributed by atoms with Gasteiger partial charge in [0.1, 0.15) is 6.61 Å². The first-order chi connectivity index (χ1) is 8.10. The van der Waals surface area contributed by atoms with E-state index in [4.69, 9.17) is 10.6 Å². The van der Waals surface area contributed by atoms with E-state index >= 15 is 0 Å². The second kappa shape index (κ2) is 8.35. The van der Waals surface area contributed by atoms with E-state index in [0.717, 1.165) is 17.3 Å². The van der Waals surface area contributed by atoms with Crippen LogP contribution in [0.5, 0.6) is 0 Å². The highest BCUT2D eigenvalue weighted by Crippen LogP contribution is 2.11. The van der Waals surface area contributed by atoms with Gasteiger partial charge in [0.15, 0.2) is 11.6 Å². The van der Waals surface area contributed by atoms with Crippen molar-refractivity contribution >= 4 is 0 Å². The van der Waals surface area contributed by atoms with Crippen LogP contribution in [-0.4, -0.2) is 6.61 Å². The smallest absolute Gasteiger partial charge is 0.164 e. The quantitative estimate of drug-likeness (QED) is 0.310. The molecule has 4 heteroatoms. The second-order valence-electron chi connectivity index (χ2n) is 3.17. The van der Waals surface area contributed by atoms with Crippen LogP contribution >= 0.6 is 0 Å². The molecule has 0 saturated carbocycles. The molecule has 0 aromatic carbocycles. The van der Waals surface area contributed by atoms with E-state index in [9.17, 15) is 4.39 Å². The molecule has 0 bridgehead atoms. The molecule has 0 unspecified atom stereocenters. The molecule has 0 rings (SSSR count). The van der Waals surface area contributed by atoms with E-state index in [2.05, 4.69) is 18.6 Å². The fourth-order valence-electron chi connectivity index (χ4n) is 1.12. The van der Waals surface area contributed by atoms with Gasteiger partial charge in [-0.1, -0.05) is 19.2 Å². The number of rotatable bonds is 7. The average Bonchev–Trinajstić information content (AvgIpc) is 2.35. The molecule has 0 aromatic heterocycles. The van der Waals surface area contributed by atoms with E-state index in [1.54, 1.807) is 6.08 Å². The maximum absolute atomic E-state index is 13.1. The molecule has 0 aromatic rings. The molecule has 0 fully saturated rings. The van der Waals surface area contributed by atoms with Crippen LogP contribution in [0, 0.1) is 0 Å². The van der Waals surface area contributed by atoms with E-state index in [0.29, 0.717) is 0 Å². The molecule has 0 saturated heterocycles. The monoisotopic (exact) mass is 238 g/mol. The van der Waals surface area contributed by atoms with E-state index in [1.165, 1.54) is 6.08 Å². The Morgan fingerprint density at radius 2 is 2.06 bits per heavy atom. The van der Waals surface area contributed by atoms with Gasteiger partial charge in [-0.05, 0) is 37.6 Å². The van der Waals surface area contributed by atoms with Crippen molar-refractivity contribution in [1.82, 2.24) is 5.43 Å². The van der Waals surface area contributed by atoms with Crippen LogP contribution < -0.4 is 11.3 Å². The Hall–Kier alpha value is -1.81. The molecule has 0 amide bonds. The zero-order valence-corrected chi connectivity index (χ0v) is 10.3. The molecule has 0 heterocycles. The molecule has 0 aliphatic heterocycles. The second-order valence-corrected chi connectivity index (χ2v) is 3.17. The van der Waals surface area contributed by atoms with Crippen molar-refractivity contribution in [3.63, 3.8) is 0 Å².